The van der Waals surface area contributed by atoms with Crippen molar-refractivity contribution in [2.75, 3.05) is 9.80 Å². The van der Waals surface area contributed by atoms with Gasteiger partial charge in [-0.2, -0.15) is 0 Å². The Bertz CT molecular complexity index is 2880. The minimum Gasteiger partial charge on any atom is -0.310 e. The van der Waals surface area contributed by atoms with Gasteiger partial charge in [-0.15, -0.1) is 0 Å². The van der Waals surface area contributed by atoms with Gasteiger partial charge in [0, 0.05) is 50.3 Å². The molecule has 10 aromatic rings. The maximum absolute atomic E-state index is 2.38. The number of aromatic nitrogens is 1. The Hall–Kier alpha value is -7.10. The molecule has 0 unspecified atom stereocenters. The predicted molar refractivity (Wildman–Crippen MR) is 225 cm³/mol. The van der Waals surface area contributed by atoms with Gasteiger partial charge in [0.2, 0.25) is 0 Å². The van der Waals surface area contributed by atoms with E-state index in [1.165, 1.54) is 43.4 Å². The highest BCUT2D eigenvalue weighted by molar-refractivity contribution is 6.15. The molecule has 0 N–H and O–H groups in total. The van der Waals surface area contributed by atoms with E-state index in [9.17, 15) is 0 Å². The maximum Gasteiger partial charge on any atom is 0.0546 e. The van der Waals surface area contributed by atoms with Gasteiger partial charge in [-0.25, -0.2) is 0 Å². The molecule has 0 bridgehead atoms. The van der Waals surface area contributed by atoms with Crippen LogP contribution in [0.2, 0.25) is 0 Å². The van der Waals surface area contributed by atoms with Crippen molar-refractivity contribution in [3.8, 4) is 5.69 Å². The van der Waals surface area contributed by atoms with Crippen LogP contribution in [-0.4, -0.2) is 4.57 Å². The zero-order valence-electron chi connectivity index (χ0n) is 29.0. The number of fused-ring (bicyclic) bond motifs is 6. The lowest BCUT2D eigenvalue weighted by molar-refractivity contribution is 1.18. The molecule has 10 rings (SSSR count). The topological polar surface area (TPSA) is 11.4 Å². The first-order valence-corrected chi connectivity index (χ1v) is 18.1. The number of para-hydroxylation sites is 4. The monoisotopic (exact) mass is 677 g/mol. The van der Waals surface area contributed by atoms with Crippen molar-refractivity contribution in [3.05, 3.63) is 212 Å². The lowest BCUT2D eigenvalue weighted by Gasteiger charge is -2.29. The normalized spacial score (nSPS) is 11.4. The van der Waals surface area contributed by atoms with Crippen molar-refractivity contribution >= 4 is 77.5 Å². The SMILES string of the molecule is c1ccc(N(c2ccc(N(c3ccccc3)c3cc4ccccc4c4ccccc34)cc2)c2ccc3c(c2)c2ccccc2n3-c2ccccc2)cc1. The molecule has 0 spiro atoms. The summed E-state index contributed by atoms with van der Waals surface area (Å²) in [5.74, 6) is 0. The Morgan fingerprint density at radius 1 is 0.283 bits per heavy atom. The summed E-state index contributed by atoms with van der Waals surface area (Å²) in [6, 6.07) is 76.3. The molecule has 0 saturated heterocycles. The number of rotatable bonds is 7. The fraction of sp³-hybridized carbons (Fsp3) is 0. The Labute approximate surface area is 308 Å². The summed E-state index contributed by atoms with van der Waals surface area (Å²) in [6.45, 7) is 0. The second-order valence-electron chi connectivity index (χ2n) is 13.4. The molecule has 0 aliphatic rings. The van der Waals surface area contributed by atoms with Gasteiger partial charge in [0.25, 0.3) is 0 Å². The summed E-state index contributed by atoms with van der Waals surface area (Å²) in [5, 5.41) is 7.40. The summed E-state index contributed by atoms with van der Waals surface area (Å²) in [7, 11) is 0. The van der Waals surface area contributed by atoms with Gasteiger partial charge >= 0.3 is 0 Å². The highest BCUT2D eigenvalue weighted by Gasteiger charge is 2.20. The number of hydrogen-bond acceptors (Lipinski definition) is 2. The summed E-state index contributed by atoms with van der Waals surface area (Å²) in [4.78, 5) is 4.74. The molecule has 0 fully saturated rings. The molecule has 1 heterocycles. The van der Waals surface area contributed by atoms with Crippen molar-refractivity contribution in [2.45, 2.75) is 0 Å². The highest BCUT2D eigenvalue weighted by Crippen LogP contribution is 2.44. The first kappa shape index (κ1) is 30.7. The fourth-order valence-electron chi connectivity index (χ4n) is 7.95. The second-order valence-corrected chi connectivity index (χ2v) is 13.4. The number of anilines is 6. The number of nitrogens with zero attached hydrogens (tertiary/aromatic N) is 3. The third kappa shape index (κ3) is 5.30. The minimum absolute atomic E-state index is 1.09. The first-order chi connectivity index (χ1) is 26.3. The van der Waals surface area contributed by atoms with E-state index in [-0.39, 0.29) is 0 Å². The molecular formula is C50H35N3. The van der Waals surface area contributed by atoms with E-state index >= 15 is 0 Å². The molecule has 0 radical (unpaired) electrons. The predicted octanol–water partition coefficient (Wildman–Crippen LogP) is 14.0. The molecule has 250 valence electrons. The van der Waals surface area contributed by atoms with E-state index < -0.39 is 0 Å². The zero-order valence-corrected chi connectivity index (χ0v) is 29.0. The Kier molecular flexibility index (Phi) is 7.47. The quantitative estimate of drug-likeness (QED) is 0.156. The van der Waals surface area contributed by atoms with Gasteiger partial charge in [0.1, 0.15) is 0 Å². The lowest BCUT2D eigenvalue weighted by atomic mass is 9.99. The van der Waals surface area contributed by atoms with Crippen molar-refractivity contribution in [1.29, 1.82) is 0 Å². The van der Waals surface area contributed by atoms with Crippen molar-refractivity contribution < 1.29 is 0 Å². The molecular weight excluding hydrogens is 643 g/mol. The number of hydrogen-bond donors (Lipinski definition) is 0. The van der Waals surface area contributed by atoms with Crippen LogP contribution in [-0.2, 0) is 0 Å². The number of benzene rings is 9. The minimum atomic E-state index is 1.09. The van der Waals surface area contributed by atoms with E-state index in [1.54, 1.807) is 0 Å². The van der Waals surface area contributed by atoms with Crippen LogP contribution in [0, 0.1) is 0 Å². The average Bonchev–Trinajstić information content (AvgIpc) is 3.56. The fourth-order valence-corrected chi connectivity index (χ4v) is 7.95. The molecule has 0 atom stereocenters. The highest BCUT2D eigenvalue weighted by atomic mass is 15.2. The van der Waals surface area contributed by atoms with E-state index in [0.717, 1.165) is 39.8 Å². The first-order valence-electron chi connectivity index (χ1n) is 18.1. The van der Waals surface area contributed by atoms with E-state index in [1.807, 2.05) is 0 Å². The zero-order chi connectivity index (χ0) is 35.1. The van der Waals surface area contributed by atoms with E-state index in [0.29, 0.717) is 0 Å². The van der Waals surface area contributed by atoms with E-state index in [4.69, 9.17) is 0 Å². The summed E-state index contributed by atoms with van der Waals surface area (Å²) in [5.41, 5.74) is 10.2. The van der Waals surface area contributed by atoms with Gasteiger partial charge in [-0.3, -0.25) is 0 Å². The van der Waals surface area contributed by atoms with Crippen molar-refractivity contribution in [3.63, 3.8) is 0 Å². The van der Waals surface area contributed by atoms with Gasteiger partial charge in [-0.05, 0) is 107 Å². The summed E-state index contributed by atoms with van der Waals surface area (Å²) in [6.07, 6.45) is 0. The molecule has 0 saturated carbocycles. The van der Waals surface area contributed by atoms with Crippen LogP contribution in [0.4, 0.5) is 34.1 Å². The van der Waals surface area contributed by atoms with Crippen LogP contribution in [0.5, 0.6) is 0 Å². The Morgan fingerprint density at radius 2 is 0.755 bits per heavy atom. The van der Waals surface area contributed by atoms with Gasteiger partial charge in [0.15, 0.2) is 0 Å². The van der Waals surface area contributed by atoms with Crippen molar-refractivity contribution in [2.24, 2.45) is 0 Å². The lowest BCUT2D eigenvalue weighted by Crippen LogP contribution is -2.12. The van der Waals surface area contributed by atoms with E-state index in [2.05, 4.69) is 227 Å². The van der Waals surface area contributed by atoms with Crippen LogP contribution in [0.25, 0.3) is 49.0 Å². The molecule has 0 aliphatic heterocycles. The smallest absolute Gasteiger partial charge is 0.0546 e. The molecule has 1 aromatic heterocycles. The largest absolute Gasteiger partial charge is 0.310 e. The van der Waals surface area contributed by atoms with Gasteiger partial charge < -0.3 is 14.4 Å². The van der Waals surface area contributed by atoms with Crippen LogP contribution in [0.15, 0.2) is 212 Å². The van der Waals surface area contributed by atoms with Crippen molar-refractivity contribution in [1.82, 2.24) is 4.57 Å². The molecule has 0 aliphatic carbocycles. The van der Waals surface area contributed by atoms with Gasteiger partial charge in [-0.1, -0.05) is 121 Å². The van der Waals surface area contributed by atoms with Crippen LogP contribution >= 0.6 is 0 Å². The molecule has 3 heteroatoms. The molecule has 0 amide bonds. The third-order valence-electron chi connectivity index (χ3n) is 10.3. The van der Waals surface area contributed by atoms with Gasteiger partial charge in [0.05, 0.1) is 16.7 Å². The second kappa shape index (κ2) is 12.9. The average molecular weight is 678 g/mol. The Morgan fingerprint density at radius 3 is 1.45 bits per heavy atom. The summed E-state index contributed by atoms with van der Waals surface area (Å²) >= 11 is 0. The van der Waals surface area contributed by atoms with Crippen LogP contribution < -0.4 is 9.80 Å². The third-order valence-corrected chi connectivity index (χ3v) is 10.3. The summed E-state index contributed by atoms with van der Waals surface area (Å²) < 4.78 is 2.37. The van der Waals surface area contributed by atoms with Crippen LogP contribution in [0.3, 0.4) is 0 Å². The maximum atomic E-state index is 2.38. The molecule has 53 heavy (non-hydrogen) atoms. The molecule has 3 nitrogen and oxygen atoms in total. The molecule has 9 aromatic carbocycles. The van der Waals surface area contributed by atoms with Crippen LogP contribution in [0.1, 0.15) is 0 Å². The Balaban J connectivity index is 1.13. The standard InChI is InChI=1S/C50H35N3/c1-4-17-37(18-5-1)51(42-32-33-49-47(35-42)46-26-14-15-27-48(46)53(49)39-21-8-3-9-22-39)40-28-30-41(31-29-40)52(38-19-6-2-7-20-38)50-34-36-16-10-11-23-43(36)44-24-12-13-25-45(44)50/h1-35H.